The number of hydrogen-bond acceptors (Lipinski definition) is 4. The first-order chi connectivity index (χ1) is 11.4. The number of rotatable bonds is 4. The third kappa shape index (κ3) is 3.35. The Morgan fingerprint density at radius 1 is 1.25 bits per heavy atom. The van der Waals surface area contributed by atoms with Gasteiger partial charge in [0.15, 0.2) is 0 Å². The Bertz CT molecular complexity index is 734. The second-order valence-corrected chi connectivity index (χ2v) is 6.29. The summed E-state index contributed by atoms with van der Waals surface area (Å²) in [5, 5.41) is 12.8. The van der Waals surface area contributed by atoms with E-state index in [2.05, 4.69) is 37.4 Å². The fourth-order valence-electron chi connectivity index (χ4n) is 3.03. The second-order valence-electron chi connectivity index (χ2n) is 6.29. The first-order valence-corrected chi connectivity index (χ1v) is 8.26. The van der Waals surface area contributed by atoms with Crippen LogP contribution in [0.5, 0.6) is 0 Å². The maximum Gasteiger partial charge on any atom is 0.336 e. The third-order valence-corrected chi connectivity index (χ3v) is 4.31. The fraction of sp³-hybridized carbons (Fsp3) is 0.400. The molecule has 1 aliphatic rings. The van der Waals surface area contributed by atoms with Crippen LogP contribution < -0.4 is 5.32 Å². The van der Waals surface area contributed by atoms with Crippen molar-refractivity contribution in [3.8, 4) is 6.07 Å². The zero-order chi connectivity index (χ0) is 17.9. The summed E-state index contributed by atoms with van der Waals surface area (Å²) in [4.78, 5) is 12.5. The van der Waals surface area contributed by atoms with Gasteiger partial charge in [-0.1, -0.05) is 38.1 Å². The van der Waals surface area contributed by atoms with E-state index >= 15 is 0 Å². The molecule has 0 bridgehead atoms. The van der Waals surface area contributed by atoms with Gasteiger partial charge in [-0.3, -0.25) is 0 Å². The number of nitriles is 1. The lowest BCUT2D eigenvalue weighted by atomic mass is 9.80. The highest BCUT2D eigenvalue weighted by Gasteiger charge is 2.34. The predicted octanol–water partition coefficient (Wildman–Crippen LogP) is 4.13. The zero-order valence-corrected chi connectivity index (χ0v) is 14.9. The molecule has 1 atom stereocenters. The highest BCUT2D eigenvalue weighted by molar-refractivity contribution is 5.93. The molecule has 126 valence electrons. The van der Waals surface area contributed by atoms with Crippen LogP contribution in [0.15, 0.2) is 46.8 Å². The third-order valence-electron chi connectivity index (χ3n) is 4.31. The molecule has 0 saturated heterocycles. The Morgan fingerprint density at radius 3 is 2.38 bits per heavy atom. The number of benzene rings is 1. The summed E-state index contributed by atoms with van der Waals surface area (Å²) in [7, 11) is 0. The molecule has 0 spiro atoms. The topological polar surface area (TPSA) is 62.1 Å². The second kappa shape index (κ2) is 7.35. The molecular formula is C20H24N2O2. The van der Waals surface area contributed by atoms with Crippen molar-refractivity contribution in [2.24, 2.45) is 0 Å². The fourth-order valence-corrected chi connectivity index (χ4v) is 3.03. The maximum atomic E-state index is 12.5. The van der Waals surface area contributed by atoms with Crippen LogP contribution in [0.25, 0.3) is 0 Å². The summed E-state index contributed by atoms with van der Waals surface area (Å²) in [6.07, 6.45) is 0. The van der Waals surface area contributed by atoms with Gasteiger partial charge < -0.3 is 10.1 Å². The molecule has 4 nitrogen and oxygen atoms in total. The minimum absolute atomic E-state index is 0.305. The molecule has 0 radical (unpaired) electrons. The standard InChI is InChI=1S/C20H24N2O2/c1-6-24-20(23)18-14(5)22-13(4)17(11-21)19(18)16-9-7-15(8-10-16)12(2)3/h7-10,12,19,22H,6H2,1-5H3. The number of carbonyl (C=O) groups is 1. The molecular weight excluding hydrogens is 300 g/mol. The summed E-state index contributed by atoms with van der Waals surface area (Å²) < 4.78 is 5.22. The van der Waals surface area contributed by atoms with Gasteiger partial charge in [0.1, 0.15) is 0 Å². The van der Waals surface area contributed by atoms with Crippen molar-refractivity contribution >= 4 is 5.97 Å². The Balaban J connectivity index is 2.55. The summed E-state index contributed by atoms with van der Waals surface area (Å²) in [5.74, 6) is -0.334. The molecule has 0 fully saturated rings. The minimum atomic E-state index is -0.392. The van der Waals surface area contributed by atoms with Crippen molar-refractivity contribution in [2.45, 2.75) is 46.5 Å². The lowest BCUT2D eigenvalue weighted by Gasteiger charge is -2.28. The average Bonchev–Trinajstić information content (AvgIpc) is 2.54. The lowest BCUT2D eigenvalue weighted by Crippen LogP contribution is -2.28. The molecule has 0 aliphatic carbocycles. The van der Waals surface area contributed by atoms with Gasteiger partial charge >= 0.3 is 5.97 Å². The van der Waals surface area contributed by atoms with Crippen LogP contribution in [0.3, 0.4) is 0 Å². The highest BCUT2D eigenvalue weighted by atomic mass is 16.5. The lowest BCUT2D eigenvalue weighted by molar-refractivity contribution is -0.138. The summed E-state index contributed by atoms with van der Waals surface area (Å²) in [6.45, 7) is 10.1. The van der Waals surface area contributed by atoms with Crippen molar-refractivity contribution in [1.29, 1.82) is 5.26 Å². The SMILES string of the molecule is CCOC(=O)C1=C(C)NC(C)=C(C#N)C1c1ccc(C(C)C)cc1. The molecule has 1 heterocycles. The van der Waals surface area contributed by atoms with Crippen molar-refractivity contribution in [2.75, 3.05) is 6.61 Å². The zero-order valence-electron chi connectivity index (χ0n) is 14.9. The number of nitrogens with zero attached hydrogens (tertiary/aromatic N) is 1. The molecule has 1 N–H and O–H groups in total. The van der Waals surface area contributed by atoms with Gasteiger partial charge in [0.25, 0.3) is 0 Å². The largest absolute Gasteiger partial charge is 0.463 e. The van der Waals surface area contributed by atoms with E-state index in [1.807, 2.05) is 26.0 Å². The Kier molecular flexibility index (Phi) is 5.46. The van der Waals surface area contributed by atoms with E-state index in [4.69, 9.17) is 4.74 Å². The number of esters is 1. The predicted molar refractivity (Wildman–Crippen MR) is 94.1 cm³/mol. The summed E-state index contributed by atoms with van der Waals surface area (Å²) in [6, 6.07) is 10.4. The molecule has 0 saturated carbocycles. The van der Waals surface area contributed by atoms with Crippen LogP contribution in [0.1, 0.15) is 57.6 Å². The molecule has 2 rings (SSSR count). The van der Waals surface area contributed by atoms with Gasteiger partial charge in [-0.25, -0.2) is 4.79 Å². The molecule has 0 amide bonds. The van der Waals surface area contributed by atoms with Gasteiger partial charge in [0, 0.05) is 11.4 Å². The number of ether oxygens (including phenoxy) is 1. The molecule has 0 aromatic heterocycles. The van der Waals surface area contributed by atoms with E-state index in [-0.39, 0.29) is 5.97 Å². The van der Waals surface area contributed by atoms with Crippen molar-refractivity contribution in [3.05, 3.63) is 57.9 Å². The number of allylic oxidation sites excluding steroid dienone is 3. The number of hydrogen-bond donors (Lipinski definition) is 1. The van der Waals surface area contributed by atoms with Crippen molar-refractivity contribution in [1.82, 2.24) is 5.32 Å². The summed E-state index contributed by atoms with van der Waals surface area (Å²) in [5.41, 5.74) is 4.74. The number of dihydropyridines is 1. The van der Waals surface area contributed by atoms with Gasteiger partial charge in [0.2, 0.25) is 0 Å². The molecule has 1 aliphatic heterocycles. The van der Waals surface area contributed by atoms with Gasteiger partial charge in [0.05, 0.1) is 29.7 Å². The van der Waals surface area contributed by atoms with Gasteiger partial charge in [-0.2, -0.15) is 5.26 Å². The van der Waals surface area contributed by atoms with E-state index < -0.39 is 5.92 Å². The maximum absolute atomic E-state index is 12.5. The quantitative estimate of drug-likeness (QED) is 0.846. The normalized spacial score (nSPS) is 17.6. The minimum Gasteiger partial charge on any atom is -0.463 e. The molecule has 1 aromatic rings. The number of carbonyl (C=O) groups excluding carboxylic acids is 1. The van der Waals surface area contributed by atoms with Crippen LogP contribution in [0.4, 0.5) is 0 Å². The van der Waals surface area contributed by atoms with Gasteiger partial charge in [-0.05, 0) is 37.8 Å². The van der Waals surface area contributed by atoms with E-state index in [9.17, 15) is 10.1 Å². The van der Waals surface area contributed by atoms with Crippen LogP contribution in [-0.4, -0.2) is 12.6 Å². The van der Waals surface area contributed by atoms with Crippen LogP contribution in [0.2, 0.25) is 0 Å². The Morgan fingerprint density at radius 2 is 1.88 bits per heavy atom. The molecule has 4 heteroatoms. The van der Waals surface area contributed by atoms with E-state index in [1.165, 1.54) is 5.56 Å². The monoisotopic (exact) mass is 324 g/mol. The Labute approximate surface area is 143 Å². The smallest absolute Gasteiger partial charge is 0.336 e. The molecule has 24 heavy (non-hydrogen) atoms. The van der Waals surface area contributed by atoms with Crippen molar-refractivity contribution < 1.29 is 9.53 Å². The average molecular weight is 324 g/mol. The van der Waals surface area contributed by atoms with E-state index in [0.717, 1.165) is 17.0 Å². The van der Waals surface area contributed by atoms with E-state index in [0.29, 0.717) is 23.7 Å². The van der Waals surface area contributed by atoms with E-state index in [1.54, 1.807) is 6.92 Å². The van der Waals surface area contributed by atoms with Crippen LogP contribution >= 0.6 is 0 Å². The first kappa shape index (κ1) is 17.8. The molecule has 1 unspecified atom stereocenters. The highest BCUT2D eigenvalue weighted by Crippen LogP contribution is 2.38. The Hall–Kier alpha value is -2.54. The first-order valence-electron chi connectivity index (χ1n) is 8.26. The van der Waals surface area contributed by atoms with Gasteiger partial charge in [-0.15, -0.1) is 0 Å². The number of nitrogens with one attached hydrogen (secondary N) is 1. The summed E-state index contributed by atoms with van der Waals surface area (Å²) >= 11 is 0. The van der Waals surface area contributed by atoms with Crippen LogP contribution in [-0.2, 0) is 9.53 Å². The molecule has 1 aromatic carbocycles. The van der Waals surface area contributed by atoms with Crippen LogP contribution in [0, 0.1) is 11.3 Å². The van der Waals surface area contributed by atoms with Crippen molar-refractivity contribution in [3.63, 3.8) is 0 Å².